The summed E-state index contributed by atoms with van der Waals surface area (Å²) < 4.78 is 33.2. The first-order chi connectivity index (χ1) is 26.8. The zero-order chi connectivity index (χ0) is 40.3. The Morgan fingerprint density at radius 1 is 0.491 bits per heavy atom. The molecule has 0 aliphatic carbocycles. The highest BCUT2D eigenvalue weighted by Crippen LogP contribution is 2.43. The third kappa shape index (κ3) is 42.4. The minimum atomic E-state index is -4.34. The van der Waals surface area contributed by atoms with Crippen molar-refractivity contribution in [3.63, 3.8) is 0 Å². The number of hydrogen-bond acceptors (Lipinski definition) is 8. The maximum Gasteiger partial charge on any atom is 0.472 e. The van der Waals surface area contributed by atoms with Gasteiger partial charge in [-0.05, 0) is 19.9 Å². The summed E-state index contributed by atoms with van der Waals surface area (Å²) >= 11 is 0. The third-order valence-electron chi connectivity index (χ3n) is 10.5. The number of rotatable bonds is 45. The fourth-order valence-corrected chi connectivity index (χ4v) is 7.66. The molecule has 0 radical (unpaired) electrons. The molecule has 0 aromatic carbocycles. The number of phosphoric acid groups is 1. The Balaban J connectivity index is 4.07. The summed E-state index contributed by atoms with van der Waals surface area (Å²) in [4.78, 5) is 35.1. The van der Waals surface area contributed by atoms with Crippen LogP contribution in [0.1, 0.15) is 239 Å². The van der Waals surface area contributed by atoms with Gasteiger partial charge in [0.25, 0.3) is 0 Å². The van der Waals surface area contributed by atoms with E-state index in [1.165, 1.54) is 173 Å². The fraction of sp³-hybridized carbons (Fsp3) is 0.956. The van der Waals surface area contributed by atoms with Crippen molar-refractivity contribution in [2.45, 2.75) is 245 Å². The van der Waals surface area contributed by atoms with Gasteiger partial charge < -0.3 is 19.7 Å². The van der Waals surface area contributed by atoms with Crippen molar-refractivity contribution in [3.05, 3.63) is 0 Å². The molecule has 0 rings (SSSR count). The van der Waals surface area contributed by atoms with E-state index in [-0.39, 0.29) is 25.6 Å². The minimum Gasteiger partial charge on any atom is -0.462 e. The summed E-state index contributed by atoms with van der Waals surface area (Å²) in [5, 5.41) is 2.83. The van der Waals surface area contributed by atoms with Gasteiger partial charge in [0.05, 0.1) is 13.2 Å². The van der Waals surface area contributed by atoms with E-state index < -0.39 is 26.5 Å². The summed E-state index contributed by atoms with van der Waals surface area (Å²) in [5.74, 6) is -0.790. The van der Waals surface area contributed by atoms with Crippen molar-refractivity contribution in [2.24, 2.45) is 0 Å². The lowest BCUT2D eigenvalue weighted by Crippen LogP contribution is -2.29. The highest BCUT2D eigenvalue weighted by atomic mass is 31.2. The first kappa shape index (κ1) is 54.0. The van der Waals surface area contributed by atoms with Gasteiger partial charge in [-0.3, -0.25) is 18.6 Å². The molecular weight excluding hydrogens is 713 g/mol. The van der Waals surface area contributed by atoms with E-state index in [4.69, 9.17) is 18.5 Å². The second-order valence-electron chi connectivity index (χ2n) is 16.0. The topological polar surface area (TPSA) is 120 Å². The van der Waals surface area contributed by atoms with Gasteiger partial charge in [-0.1, -0.05) is 213 Å². The quantitative estimate of drug-likeness (QED) is 0.0352. The number of phosphoric ester groups is 1. The van der Waals surface area contributed by atoms with E-state index in [2.05, 4.69) is 19.2 Å². The predicted molar refractivity (Wildman–Crippen MR) is 229 cm³/mol. The van der Waals surface area contributed by atoms with Crippen LogP contribution >= 0.6 is 7.82 Å². The Kier molecular flexibility index (Phi) is 41.8. The fourth-order valence-electron chi connectivity index (χ4n) is 6.91. The number of nitrogens with one attached hydrogen (secondary N) is 1. The molecule has 0 aromatic rings. The largest absolute Gasteiger partial charge is 0.472 e. The molecule has 0 spiro atoms. The van der Waals surface area contributed by atoms with Crippen LogP contribution in [0.15, 0.2) is 0 Å². The lowest BCUT2D eigenvalue weighted by molar-refractivity contribution is -0.161. The van der Waals surface area contributed by atoms with Gasteiger partial charge in [0.15, 0.2) is 6.10 Å². The van der Waals surface area contributed by atoms with Gasteiger partial charge in [-0.15, -0.1) is 0 Å². The molecule has 0 aromatic heterocycles. The van der Waals surface area contributed by atoms with Crippen molar-refractivity contribution < 1.29 is 37.6 Å². The number of hydrogen-bond donors (Lipinski definition) is 2. The summed E-state index contributed by atoms with van der Waals surface area (Å²) in [6.45, 7) is 4.27. The predicted octanol–water partition coefficient (Wildman–Crippen LogP) is 13.5. The van der Waals surface area contributed by atoms with Crippen molar-refractivity contribution in [2.75, 3.05) is 33.4 Å². The Hall–Kier alpha value is -0.990. The van der Waals surface area contributed by atoms with Crippen LogP contribution in [0.25, 0.3) is 0 Å². The van der Waals surface area contributed by atoms with Crippen LogP contribution in [0.2, 0.25) is 0 Å². The maximum atomic E-state index is 12.6. The van der Waals surface area contributed by atoms with Crippen LogP contribution in [0, 0.1) is 0 Å². The number of carbonyl (C=O) groups excluding carboxylic acids is 2. The van der Waals surface area contributed by atoms with E-state index in [0.29, 0.717) is 13.0 Å². The molecule has 9 nitrogen and oxygen atoms in total. The standard InChI is InChI=1S/C45H90NO8P/c1-4-6-8-10-12-14-16-18-19-20-21-22-23-24-25-26-28-30-32-34-36-38-45(48)54-43(42-53-55(49,50)52-40-39-46-3)41-51-44(47)37-35-33-31-29-27-17-15-13-11-9-7-5-2/h43,46H,4-42H2,1-3H3,(H,49,50). The molecule has 2 unspecified atom stereocenters. The first-order valence-corrected chi connectivity index (χ1v) is 25.0. The van der Waals surface area contributed by atoms with Gasteiger partial charge in [0.2, 0.25) is 0 Å². The molecule has 0 fully saturated rings. The molecule has 0 aliphatic rings. The maximum absolute atomic E-state index is 12.6. The summed E-state index contributed by atoms with van der Waals surface area (Å²) in [7, 11) is -2.64. The van der Waals surface area contributed by atoms with Crippen LogP contribution in [0.4, 0.5) is 0 Å². The molecule has 10 heteroatoms. The van der Waals surface area contributed by atoms with Gasteiger partial charge in [-0.2, -0.15) is 0 Å². The van der Waals surface area contributed by atoms with Crippen LogP contribution in [0.3, 0.4) is 0 Å². The zero-order valence-corrected chi connectivity index (χ0v) is 37.3. The molecule has 328 valence electrons. The number of unbranched alkanes of at least 4 members (excludes halogenated alkanes) is 31. The lowest BCUT2D eigenvalue weighted by Gasteiger charge is -2.20. The van der Waals surface area contributed by atoms with Crippen LogP contribution in [-0.2, 0) is 32.7 Å². The smallest absolute Gasteiger partial charge is 0.462 e. The van der Waals surface area contributed by atoms with Gasteiger partial charge in [-0.25, -0.2) is 4.57 Å². The van der Waals surface area contributed by atoms with E-state index >= 15 is 0 Å². The third-order valence-corrected chi connectivity index (χ3v) is 11.5. The number of ether oxygens (including phenoxy) is 2. The average molecular weight is 804 g/mol. The lowest BCUT2D eigenvalue weighted by atomic mass is 10.0. The minimum absolute atomic E-state index is 0.0117. The van der Waals surface area contributed by atoms with Crippen LogP contribution in [0.5, 0.6) is 0 Å². The molecule has 0 saturated carbocycles. The highest BCUT2D eigenvalue weighted by Gasteiger charge is 2.26. The molecule has 0 heterocycles. The Bertz CT molecular complexity index is 876. The molecule has 2 atom stereocenters. The first-order valence-electron chi connectivity index (χ1n) is 23.5. The van der Waals surface area contributed by atoms with Crippen molar-refractivity contribution in [1.29, 1.82) is 0 Å². The SMILES string of the molecule is CCCCCCCCCCCCCCCCCCCCCCCC(=O)OC(COC(=O)CCCCCCCCCCCCCC)COP(=O)(O)OCCNC. The summed E-state index contributed by atoms with van der Waals surface area (Å²) in [6.07, 6.45) is 41.5. The molecule has 0 saturated heterocycles. The Labute approximate surface area is 339 Å². The van der Waals surface area contributed by atoms with E-state index in [0.717, 1.165) is 38.5 Å². The molecule has 0 bridgehead atoms. The van der Waals surface area contributed by atoms with E-state index in [1.54, 1.807) is 7.05 Å². The monoisotopic (exact) mass is 804 g/mol. The Morgan fingerprint density at radius 2 is 0.818 bits per heavy atom. The molecule has 0 amide bonds. The van der Waals surface area contributed by atoms with E-state index in [1.807, 2.05) is 0 Å². The average Bonchev–Trinajstić information content (AvgIpc) is 3.17. The molecule has 55 heavy (non-hydrogen) atoms. The summed E-state index contributed by atoms with van der Waals surface area (Å²) in [6, 6.07) is 0. The van der Waals surface area contributed by atoms with Crippen molar-refractivity contribution >= 4 is 19.8 Å². The van der Waals surface area contributed by atoms with Crippen molar-refractivity contribution in [1.82, 2.24) is 5.32 Å². The zero-order valence-electron chi connectivity index (χ0n) is 36.4. The molecular formula is C45H90NO8P. The number of likely N-dealkylation sites (N-methyl/N-ethyl adjacent to an activating group) is 1. The second kappa shape index (κ2) is 42.6. The number of carbonyl (C=O) groups is 2. The van der Waals surface area contributed by atoms with Crippen LogP contribution in [-0.4, -0.2) is 56.3 Å². The second-order valence-corrected chi connectivity index (χ2v) is 17.4. The van der Waals surface area contributed by atoms with E-state index in [9.17, 15) is 19.0 Å². The molecule has 0 aliphatic heterocycles. The van der Waals surface area contributed by atoms with Gasteiger partial charge >= 0.3 is 19.8 Å². The van der Waals surface area contributed by atoms with Crippen molar-refractivity contribution in [3.8, 4) is 0 Å². The Morgan fingerprint density at radius 3 is 1.16 bits per heavy atom. The van der Waals surface area contributed by atoms with Gasteiger partial charge in [0.1, 0.15) is 6.61 Å². The van der Waals surface area contributed by atoms with Gasteiger partial charge in [0, 0.05) is 19.4 Å². The summed E-state index contributed by atoms with van der Waals surface area (Å²) in [5.41, 5.74) is 0. The molecule has 2 N–H and O–H groups in total. The normalized spacial score (nSPS) is 13.2. The van der Waals surface area contributed by atoms with Crippen LogP contribution < -0.4 is 5.32 Å². The highest BCUT2D eigenvalue weighted by molar-refractivity contribution is 7.47. The number of esters is 2.